The second kappa shape index (κ2) is 5.34. The number of primary amides is 1. The fourth-order valence-electron chi connectivity index (χ4n) is 1.39. The maximum Gasteiger partial charge on any atom is 0.405 e. The minimum absolute atomic E-state index is 0.295. The fourth-order valence-corrected chi connectivity index (χ4v) is 1.39. The number of aromatic nitrogens is 1. The number of amides is 1. The van der Waals surface area contributed by atoms with E-state index >= 15 is 0 Å². The summed E-state index contributed by atoms with van der Waals surface area (Å²) in [4.78, 5) is 14.7. The predicted molar refractivity (Wildman–Crippen MR) is 57.1 cm³/mol. The van der Waals surface area contributed by atoms with Gasteiger partial charge in [0.05, 0.1) is 0 Å². The Kier molecular flexibility index (Phi) is 4.09. The molecule has 0 saturated carbocycles. The Bertz CT molecular complexity index is 312. The molecule has 1 atom stereocenters. The lowest BCUT2D eigenvalue weighted by molar-refractivity contribution is 0.0932. The Hall–Kier alpha value is -1.58. The molecular weight excluding hydrogens is 192 g/mol. The number of carbonyl (C=O) groups is 1. The van der Waals surface area contributed by atoms with Crippen LogP contribution in [0.2, 0.25) is 0 Å². The average molecular weight is 208 g/mol. The van der Waals surface area contributed by atoms with Gasteiger partial charge in [0.1, 0.15) is 6.10 Å². The number of nitrogens with two attached hydrogens (primary N) is 1. The van der Waals surface area contributed by atoms with Crippen LogP contribution in [0.3, 0.4) is 0 Å². The molecule has 1 unspecified atom stereocenters. The Labute approximate surface area is 89.5 Å². The van der Waals surface area contributed by atoms with E-state index in [4.69, 9.17) is 10.5 Å². The third-order valence-corrected chi connectivity index (χ3v) is 2.00. The second-order valence-electron chi connectivity index (χ2n) is 3.84. The number of hydrogen-bond donors (Lipinski definition) is 1. The van der Waals surface area contributed by atoms with E-state index in [0.717, 1.165) is 12.0 Å². The summed E-state index contributed by atoms with van der Waals surface area (Å²) in [5, 5.41) is 0. The van der Waals surface area contributed by atoms with Crippen molar-refractivity contribution in [3.05, 3.63) is 30.1 Å². The topological polar surface area (TPSA) is 65.2 Å². The molecule has 0 bridgehead atoms. The van der Waals surface area contributed by atoms with Crippen LogP contribution >= 0.6 is 0 Å². The minimum atomic E-state index is -0.746. The van der Waals surface area contributed by atoms with Crippen molar-refractivity contribution in [2.45, 2.75) is 26.4 Å². The van der Waals surface area contributed by atoms with Crippen LogP contribution in [-0.2, 0) is 4.74 Å². The SMILES string of the molecule is CC(C)CC(OC(N)=O)c1cccnc1. The molecular formula is C11H16N2O2. The second-order valence-corrected chi connectivity index (χ2v) is 3.84. The van der Waals surface area contributed by atoms with Crippen molar-refractivity contribution in [1.82, 2.24) is 4.98 Å². The number of hydrogen-bond acceptors (Lipinski definition) is 3. The van der Waals surface area contributed by atoms with Crippen LogP contribution in [-0.4, -0.2) is 11.1 Å². The van der Waals surface area contributed by atoms with E-state index in [1.807, 2.05) is 12.1 Å². The van der Waals surface area contributed by atoms with Crippen molar-refractivity contribution in [3.8, 4) is 0 Å². The number of ether oxygens (including phenoxy) is 1. The summed E-state index contributed by atoms with van der Waals surface area (Å²) < 4.78 is 5.05. The summed E-state index contributed by atoms with van der Waals surface area (Å²) in [5.74, 6) is 0.426. The van der Waals surface area contributed by atoms with Gasteiger partial charge >= 0.3 is 6.09 Å². The van der Waals surface area contributed by atoms with Crippen LogP contribution in [0.1, 0.15) is 31.9 Å². The molecule has 1 aromatic rings. The smallest absolute Gasteiger partial charge is 0.405 e. The Morgan fingerprint density at radius 1 is 1.60 bits per heavy atom. The molecule has 0 radical (unpaired) electrons. The first kappa shape index (κ1) is 11.5. The van der Waals surface area contributed by atoms with Crippen molar-refractivity contribution in [2.24, 2.45) is 11.7 Å². The summed E-state index contributed by atoms with van der Waals surface area (Å²) in [7, 11) is 0. The van der Waals surface area contributed by atoms with Gasteiger partial charge in [-0.15, -0.1) is 0 Å². The highest BCUT2D eigenvalue weighted by Gasteiger charge is 2.16. The van der Waals surface area contributed by atoms with Gasteiger partial charge in [-0.2, -0.15) is 0 Å². The van der Waals surface area contributed by atoms with Crippen LogP contribution < -0.4 is 5.73 Å². The van der Waals surface area contributed by atoms with Crippen LogP contribution in [0.25, 0.3) is 0 Å². The number of pyridine rings is 1. The van der Waals surface area contributed by atoms with Gasteiger partial charge in [-0.3, -0.25) is 4.98 Å². The van der Waals surface area contributed by atoms with Crippen molar-refractivity contribution in [2.75, 3.05) is 0 Å². The molecule has 15 heavy (non-hydrogen) atoms. The van der Waals surface area contributed by atoms with E-state index in [1.165, 1.54) is 0 Å². The molecule has 0 aliphatic carbocycles. The summed E-state index contributed by atoms with van der Waals surface area (Å²) in [6.07, 6.45) is 3.07. The lowest BCUT2D eigenvalue weighted by atomic mass is 10.0. The summed E-state index contributed by atoms with van der Waals surface area (Å²) in [5.41, 5.74) is 5.90. The molecule has 4 heteroatoms. The highest BCUT2D eigenvalue weighted by molar-refractivity contribution is 5.65. The molecule has 2 N–H and O–H groups in total. The standard InChI is InChI=1S/C11H16N2O2/c1-8(2)6-10(15-11(12)14)9-4-3-5-13-7-9/h3-5,7-8,10H,6H2,1-2H3,(H2,12,14). The van der Waals surface area contributed by atoms with Crippen LogP contribution in [0.15, 0.2) is 24.5 Å². The Balaban J connectivity index is 2.76. The van der Waals surface area contributed by atoms with Crippen molar-refractivity contribution in [1.29, 1.82) is 0 Å². The molecule has 1 heterocycles. The minimum Gasteiger partial charge on any atom is -0.441 e. The molecule has 0 aliphatic rings. The van der Waals surface area contributed by atoms with Crippen molar-refractivity contribution >= 4 is 6.09 Å². The molecule has 1 aromatic heterocycles. The summed E-state index contributed by atoms with van der Waals surface area (Å²) in [6.45, 7) is 4.13. The zero-order chi connectivity index (χ0) is 11.3. The van der Waals surface area contributed by atoms with E-state index < -0.39 is 6.09 Å². The largest absolute Gasteiger partial charge is 0.441 e. The highest BCUT2D eigenvalue weighted by atomic mass is 16.6. The molecule has 1 rings (SSSR count). The molecule has 0 fully saturated rings. The van der Waals surface area contributed by atoms with E-state index in [1.54, 1.807) is 12.4 Å². The van der Waals surface area contributed by atoms with E-state index in [0.29, 0.717) is 5.92 Å². The summed E-state index contributed by atoms with van der Waals surface area (Å²) >= 11 is 0. The normalized spacial score (nSPS) is 12.5. The lowest BCUT2D eigenvalue weighted by Crippen LogP contribution is -2.18. The highest BCUT2D eigenvalue weighted by Crippen LogP contribution is 2.24. The third-order valence-electron chi connectivity index (χ3n) is 2.00. The monoisotopic (exact) mass is 208 g/mol. The Morgan fingerprint density at radius 2 is 2.33 bits per heavy atom. The molecule has 0 saturated heterocycles. The van der Waals surface area contributed by atoms with E-state index in [-0.39, 0.29) is 6.10 Å². The average Bonchev–Trinajstić information content (AvgIpc) is 2.17. The molecule has 82 valence electrons. The van der Waals surface area contributed by atoms with Gasteiger partial charge in [0.25, 0.3) is 0 Å². The van der Waals surface area contributed by atoms with Gasteiger partial charge in [-0.05, 0) is 18.4 Å². The summed E-state index contributed by atoms with van der Waals surface area (Å²) in [6, 6.07) is 3.69. The van der Waals surface area contributed by atoms with E-state index in [9.17, 15) is 4.79 Å². The first-order chi connectivity index (χ1) is 7.09. The van der Waals surface area contributed by atoms with Crippen molar-refractivity contribution < 1.29 is 9.53 Å². The lowest BCUT2D eigenvalue weighted by Gasteiger charge is -2.18. The molecule has 4 nitrogen and oxygen atoms in total. The quantitative estimate of drug-likeness (QED) is 0.825. The van der Waals surface area contributed by atoms with E-state index in [2.05, 4.69) is 18.8 Å². The van der Waals surface area contributed by atoms with Crippen LogP contribution in [0.5, 0.6) is 0 Å². The zero-order valence-corrected chi connectivity index (χ0v) is 9.01. The van der Waals surface area contributed by atoms with Gasteiger partial charge < -0.3 is 10.5 Å². The van der Waals surface area contributed by atoms with Gasteiger partial charge in [0.2, 0.25) is 0 Å². The Morgan fingerprint density at radius 3 is 2.80 bits per heavy atom. The van der Waals surface area contributed by atoms with Crippen molar-refractivity contribution in [3.63, 3.8) is 0 Å². The molecule has 0 spiro atoms. The molecule has 0 aromatic carbocycles. The van der Waals surface area contributed by atoms with Crippen LogP contribution in [0.4, 0.5) is 4.79 Å². The maximum atomic E-state index is 10.7. The molecule has 0 aliphatic heterocycles. The number of rotatable bonds is 4. The maximum absolute atomic E-state index is 10.7. The van der Waals surface area contributed by atoms with Gasteiger partial charge in [0.15, 0.2) is 0 Å². The first-order valence-corrected chi connectivity index (χ1v) is 4.95. The number of nitrogens with zero attached hydrogens (tertiary/aromatic N) is 1. The first-order valence-electron chi connectivity index (χ1n) is 4.95. The number of carbonyl (C=O) groups excluding carboxylic acids is 1. The van der Waals surface area contributed by atoms with Gasteiger partial charge in [-0.1, -0.05) is 19.9 Å². The van der Waals surface area contributed by atoms with Gasteiger partial charge in [0, 0.05) is 18.0 Å². The third kappa shape index (κ3) is 3.97. The fraction of sp³-hybridized carbons (Fsp3) is 0.455. The zero-order valence-electron chi connectivity index (χ0n) is 9.01. The van der Waals surface area contributed by atoms with Gasteiger partial charge in [-0.25, -0.2) is 4.79 Å². The predicted octanol–water partition coefficient (Wildman–Crippen LogP) is 2.26. The van der Waals surface area contributed by atoms with Crippen LogP contribution in [0, 0.1) is 5.92 Å². The molecule has 1 amide bonds.